The maximum atomic E-state index is 13.1. The fourth-order valence-corrected chi connectivity index (χ4v) is 5.05. The number of sulfonamides is 1. The third-order valence-electron chi connectivity index (χ3n) is 6.11. The Hall–Kier alpha value is -4.05. The molecule has 0 saturated carbocycles. The predicted octanol–water partition coefficient (Wildman–Crippen LogP) is 3.76. The number of anilines is 2. The largest absolute Gasteiger partial charge is 0.483 e. The SMILES string of the molecule is COC(=O)[C@@H]1CN(C(=O)COc2ccc(S(=O)(=O)Nc3ccc(C)c(C)c3)cc2C)c2ccccc2O1. The summed E-state index contributed by atoms with van der Waals surface area (Å²) in [5, 5.41) is 0. The van der Waals surface area contributed by atoms with Gasteiger partial charge in [-0.25, -0.2) is 13.2 Å². The van der Waals surface area contributed by atoms with Crippen LogP contribution in [0.3, 0.4) is 0 Å². The number of aryl methyl sites for hydroxylation is 3. The second kappa shape index (κ2) is 10.5. The lowest BCUT2D eigenvalue weighted by Gasteiger charge is -2.33. The van der Waals surface area contributed by atoms with E-state index < -0.39 is 28.0 Å². The summed E-state index contributed by atoms with van der Waals surface area (Å²) in [5.74, 6) is -0.225. The van der Waals surface area contributed by atoms with E-state index in [0.29, 0.717) is 28.4 Å². The number of carbonyl (C=O) groups is 2. The molecule has 194 valence electrons. The topological polar surface area (TPSA) is 111 Å². The van der Waals surface area contributed by atoms with Crippen molar-refractivity contribution in [2.75, 3.05) is 29.9 Å². The van der Waals surface area contributed by atoms with E-state index >= 15 is 0 Å². The van der Waals surface area contributed by atoms with Gasteiger partial charge in [0, 0.05) is 5.69 Å². The van der Waals surface area contributed by atoms with Crippen LogP contribution in [0, 0.1) is 20.8 Å². The van der Waals surface area contributed by atoms with Crippen LogP contribution in [0.4, 0.5) is 11.4 Å². The van der Waals surface area contributed by atoms with Gasteiger partial charge in [0.15, 0.2) is 6.61 Å². The molecule has 0 aliphatic carbocycles. The average Bonchev–Trinajstić information content (AvgIpc) is 2.88. The molecule has 3 aromatic carbocycles. The number of para-hydroxylation sites is 2. The molecule has 4 rings (SSSR count). The van der Waals surface area contributed by atoms with E-state index in [1.807, 2.05) is 19.9 Å². The minimum atomic E-state index is -3.82. The highest BCUT2D eigenvalue weighted by Gasteiger charge is 2.34. The molecule has 1 amide bonds. The number of esters is 1. The quantitative estimate of drug-likeness (QED) is 0.469. The number of amides is 1. The van der Waals surface area contributed by atoms with Gasteiger partial charge in [-0.05, 0) is 79.9 Å². The highest BCUT2D eigenvalue weighted by molar-refractivity contribution is 7.92. The first kappa shape index (κ1) is 26.0. The van der Waals surface area contributed by atoms with Gasteiger partial charge in [-0.2, -0.15) is 0 Å². The van der Waals surface area contributed by atoms with Gasteiger partial charge in [0.05, 0.1) is 24.2 Å². The fraction of sp³-hybridized carbons (Fsp3) is 0.259. The molecule has 37 heavy (non-hydrogen) atoms. The van der Waals surface area contributed by atoms with Crippen LogP contribution in [-0.2, 0) is 24.3 Å². The Morgan fingerprint density at radius 3 is 2.46 bits per heavy atom. The molecule has 0 radical (unpaired) electrons. The third-order valence-corrected chi connectivity index (χ3v) is 7.48. The van der Waals surface area contributed by atoms with E-state index in [1.165, 1.54) is 30.2 Å². The fourth-order valence-electron chi connectivity index (χ4n) is 3.91. The summed E-state index contributed by atoms with van der Waals surface area (Å²) in [6, 6.07) is 16.7. The Bertz CT molecular complexity index is 1450. The van der Waals surface area contributed by atoms with Crippen molar-refractivity contribution in [1.29, 1.82) is 0 Å². The van der Waals surface area contributed by atoms with Crippen LogP contribution in [0.2, 0.25) is 0 Å². The maximum absolute atomic E-state index is 13.1. The zero-order valence-corrected chi connectivity index (χ0v) is 21.8. The van der Waals surface area contributed by atoms with Crippen molar-refractivity contribution >= 4 is 33.3 Å². The normalized spacial score (nSPS) is 14.8. The van der Waals surface area contributed by atoms with Crippen LogP contribution in [-0.4, -0.2) is 46.7 Å². The average molecular weight is 525 g/mol. The standard InChI is InChI=1S/C27H28N2O7S/c1-17-9-10-20(13-18(17)2)28-37(32,33)21-11-12-23(19(3)14-21)35-16-26(30)29-15-25(27(31)34-4)36-24-8-6-5-7-22(24)29/h5-14,25,28H,15-16H2,1-4H3/t25-/m0/s1. The van der Waals surface area contributed by atoms with Crippen molar-refractivity contribution in [1.82, 2.24) is 0 Å². The van der Waals surface area contributed by atoms with Crippen LogP contribution < -0.4 is 19.1 Å². The van der Waals surface area contributed by atoms with Gasteiger partial charge in [-0.15, -0.1) is 0 Å². The second-order valence-electron chi connectivity index (χ2n) is 8.72. The van der Waals surface area contributed by atoms with E-state index in [0.717, 1.165) is 11.1 Å². The van der Waals surface area contributed by atoms with Crippen molar-refractivity contribution in [3.8, 4) is 11.5 Å². The number of ether oxygens (including phenoxy) is 3. The van der Waals surface area contributed by atoms with Crippen molar-refractivity contribution in [2.24, 2.45) is 0 Å². The number of hydrogen-bond donors (Lipinski definition) is 1. The first-order chi connectivity index (χ1) is 17.6. The van der Waals surface area contributed by atoms with Crippen LogP contribution >= 0.6 is 0 Å². The molecule has 1 N–H and O–H groups in total. The molecule has 0 spiro atoms. The molecule has 1 aliphatic rings. The maximum Gasteiger partial charge on any atom is 0.348 e. The first-order valence-electron chi connectivity index (χ1n) is 11.6. The molecule has 0 unspecified atom stereocenters. The van der Waals surface area contributed by atoms with E-state index in [4.69, 9.17) is 14.2 Å². The third kappa shape index (κ3) is 5.69. The zero-order valence-electron chi connectivity index (χ0n) is 21.0. The second-order valence-corrected chi connectivity index (χ2v) is 10.4. The number of nitrogens with zero attached hydrogens (tertiary/aromatic N) is 1. The molecule has 1 aliphatic heterocycles. The number of benzene rings is 3. The van der Waals surface area contributed by atoms with Gasteiger partial charge in [-0.3, -0.25) is 9.52 Å². The summed E-state index contributed by atoms with van der Waals surface area (Å²) in [6.45, 7) is 5.22. The molecular weight excluding hydrogens is 496 g/mol. The number of rotatable bonds is 7. The molecule has 10 heteroatoms. The predicted molar refractivity (Wildman–Crippen MR) is 139 cm³/mol. The Kier molecular flexibility index (Phi) is 7.40. The van der Waals surface area contributed by atoms with Crippen LogP contribution in [0.25, 0.3) is 0 Å². The van der Waals surface area contributed by atoms with Crippen molar-refractivity contribution in [3.63, 3.8) is 0 Å². The van der Waals surface area contributed by atoms with Gasteiger partial charge in [-0.1, -0.05) is 18.2 Å². The highest BCUT2D eigenvalue weighted by Crippen LogP contribution is 2.33. The van der Waals surface area contributed by atoms with Crippen molar-refractivity contribution < 1.29 is 32.2 Å². The smallest absolute Gasteiger partial charge is 0.348 e. The Morgan fingerprint density at radius 1 is 1.00 bits per heavy atom. The monoisotopic (exact) mass is 524 g/mol. The summed E-state index contributed by atoms with van der Waals surface area (Å²) in [5.41, 5.74) is 3.59. The number of carbonyl (C=O) groups excluding carboxylic acids is 2. The number of fused-ring (bicyclic) bond motifs is 1. The lowest BCUT2D eigenvalue weighted by molar-refractivity contribution is -0.148. The molecule has 0 aromatic heterocycles. The van der Waals surface area contributed by atoms with Crippen LogP contribution in [0.1, 0.15) is 16.7 Å². The lowest BCUT2D eigenvalue weighted by atomic mass is 10.1. The van der Waals surface area contributed by atoms with E-state index in [-0.39, 0.29) is 18.0 Å². The summed E-state index contributed by atoms with van der Waals surface area (Å²) in [4.78, 5) is 26.6. The molecule has 0 fully saturated rings. The molecule has 1 atom stereocenters. The zero-order chi connectivity index (χ0) is 26.7. The Morgan fingerprint density at radius 2 is 1.76 bits per heavy atom. The van der Waals surface area contributed by atoms with Crippen LogP contribution in [0.5, 0.6) is 11.5 Å². The van der Waals surface area contributed by atoms with Crippen LogP contribution in [0.15, 0.2) is 65.6 Å². The first-order valence-corrected chi connectivity index (χ1v) is 13.0. The summed E-state index contributed by atoms with van der Waals surface area (Å²) in [7, 11) is -2.56. The van der Waals surface area contributed by atoms with Crippen molar-refractivity contribution in [3.05, 3.63) is 77.4 Å². The van der Waals surface area contributed by atoms with Crippen molar-refractivity contribution in [2.45, 2.75) is 31.8 Å². The minimum absolute atomic E-state index is 0.0216. The summed E-state index contributed by atoms with van der Waals surface area (Å²) in [6.07, 6.45) is -0.958. The highest BCUT2D eigenvalue weighted by atomic mass is 32.2. The Labute approximate surface area is 216 Å². The number of methoxy groups -OCH3 is 1. The van der Waals surface area contributed by atoms with E-state index in [2.05, 4.69) is 4.72 Å². The van der Waals surface area contributed by atoms with Gasteiger partial charge >= 0.3 is 5.97 Å². The van der Waals surface area contributed by atoms with Gasteiger partial charge < -0.3 is 19.1 Å². The molecule has 9 nitrogen and oxygen atoms in total. The van der Waals surface area contributed by atoms with Gasteiger partial charge in [0.1, 0.15) is 11.5 Å². The number of nitrogens with one attached hydrogen (secondary N) is 1. The molecule has 0 bridgehead atoms. The van der Waals surface area contributed by atoms with Gasteiger partial charge in [0.2, 0.25) is 6.10 Å². The van der Waals surface area contributed by atoms with E-state index in [1.54, 1.807) is 43.3 Å². The Balaban J connectivity index is 1.47. The summed E-state index contributed by atoms with van der Waals surface area (Å²) >= 11 is 0. The molecule has 0 saturated heterocycles. The molecule has 3 aromatic rings. The van der Waals surface area contributed by atoms with E-state index in [9.17, 15) is 18.0 Å². The summed E-state index contributed by atoms with van der Waals surface area (Å²) < 4.78 is 44.6. The lowest BCUT2D eigenvalue weighted by Crippen LogP contribution is -2.48. The molecular formula is C27H28N2O7S. The number of hydrogen-bond acceptors (Lipinski definition) is 7. The minimum Gasteiger partial charge on any atom is -0.483 e. The molecule has 1 heterocycles. The van der Waals surface area contributed by atoms with Gasteiger partial charge in [0.25, 0.3) is 15.9 Å².